The molecule has 2 aromatic rings. The van der Waals surface area contributed by atoms with E-state index in [0.717, 1.165) is 32.0 Å². The summed E-state index contributed by atoms with van der Waals surface area (Å²) in [5, 5.41) is 7.93. The average molecular weight is 528 g/mol. The van der Waals surface area contributed by atoms with Gasteiger partial charge in [-0.15, -0.1) is 35.3 Å². The van der Waals surface area contributed by atoms with Gasteiger partial charge in [-0.1, -0.05) is 30.7 Å². The molecule has 1 aliphatic rings. The van der Waals surface area contributed by atoms with Crippen molar-refractivity contribution in [1.82, 2.24) is 20.5 Å². The van der Waals surface area contributed by atoms with Crippen LogP contribution in [0.2, 0.25) is 0 Å². The van der Waals surface area contributed by atoms with Crippen LogP contribution in [0.25, 0.3) is 0 Å². The number of thiazole rings is 1. The molecule has 0 saturated carbocycles. The fraction of sp³-hybridized carbons (Fsp3) is 0.545. The molecule has 0 aliphatic carbocycles. The van der Waals surface area contributed by atoms with Crippen molar-refractivity contribution in [2.24, 2.45) is 4.99 Å². The Morgan fingerprint density at radius 2 is 1.97 bits per heavy atom. The number of aromatic nitrogens is 1. The number of piperidine rings is 1. The predicted octanol–water partition coefficient (Wildman–Crippen LogP) is 4.35. The van der Waals surface area contributed by atoms with Crippen LogP contribution >= 0.6 is 35.3 Å². The fourth-order valence-corrected chi connectivity index (χ4v) is 4.39. The molecule has 1 fully saturated rings. The lowest BCUT2D eigenvalue weighted by Gasteiger charge is -2.33. The van der Waals surface area contributed by atoms with Crippen LogP contribution in [0, 0.1) is 6.92 Å². The number of nitrogens with zero attached hydrogens (tertiary/aromatic N) is 3. The third-order valence-electron chi connectivity index (χ3n) is 5.33. The number of halogens is 1. The fourth-order valence-electron chi connectivity index (χ4n) is 3.60. The van der Waals surface area contributed by atoms with Gasteiger partial charge >= 0.3 is 0 Å². The lowest BCUT2D eigenvalue weighted by molar-refractivity contribution is 0.152. The second-order valence-electron chi connectivity index (χ2n) is 7.60. The van der Waals surface area contributed by atoms with E-state index in [-0.39, 0.29) is 24.0 Å². The Hall–Kier alpha value is -1.19. The van der Waals surface area contributed by atoms with E-state index in [1.54, 1.807) is 11.3 Å². The number of aryl methyl sites for hydroxylation is 1. The molecule has 2 N–H and O–H groups in total. The predicted molar refractivity (Wildman–Crippen MR) is 134 cm³/mol. The molecular formula is C22H34IN5S. The highest BCUT2D eigenvalue weighted by atomic mass is 127. The van der Waals surface area contributed by atoms with E-state index in [9.17, 15) is 0 Å². The van der Waals surface area contributed by atoms with E-state index >= 15 is 0 Å². The van der Waals surface area contributed by atoms with Crippen LogP contribution in [0.5, 0.6) is 0 Å². The SMILES string of the molecule is CN=C(NCCc1ncc(C)s1)NCc1ccc(CN2CCCCC2C)cc1.I. The molecule has 7 heteroatoms. The first kappa shape index (κ1) is 24.1. The van der Waals surface area contributed by atoms with Gasteiger partial charge in [0.2, 0.25) is 0 Å². The molecule has 1 saturated heterocycles. The third kappa shape index (κ3) is 7.86. The van der Waals surface area contributed by atoms with Crippen LogP contribution in [0.3, 0.4) is 0 Å². The first-order valence-corrected chi connectivity index (χ1v) is 11.1. The second-order valence-corrected chi connectivity index (χ2v) is 8.92. The van der Waals surface area contributed by atoms with Gasteiger partial charge in [0.25, 0.3) is 0 Å². The van der Waals surface area contributed by atoms with E-state index in [4.69, 9.17) is 0 Å². The van der Waals surface area contributed by atoms with Gasteiger partial charge < -0.3 is 10.6 Å². The number of hydrogen-bond acceptors (Lipinski definition) is 4. The van der Waals surface area contributed by atoms with E-state index < -0.39 is 0 Å². The highest BCUT2D eigenvalue weighted by molar-refractivity contribution is 14.0. The van der Waals surface area contributed by atoms with Gasteiger partial charge in [0.15, 0.2) is 5.96 Å². The minimum Gasteiger partial charge on any atom is -0.356 e. The summed E-state index contributed by atoms with van der Waals surface area (Å²) in [4.78, 5) is 12.6. The zero-order valence-electron chi connectivity index (χ0n) is 17.8. The number of hydrogen-bond donors (Lipinski definition) is 2. The summed E-state index contributed by atoms with van der Waals surface area (Å²) in [5.41, 5.74) is 2.67. The maximum absolute atomic E-state index is 4.40. The van der Waals surface area contributed by atoms with Gasteiger partial charge in [0, 0.05) is 50.2 Å². The molecule has 2 heterocycles. The van der Waals surface area contributed by atoms with Crippen LogP contribution in [0.4, 0.5) is 0 Å². The number of aliphatic imine (C=N–C) groups is 1. The quantitative estimate of drug-likeness (QED) is 0.320. The number of likely N-dealkylation sites (tertiary alicyclic amines) is 1. The zero-order valence-corrected chi connectivity index (χ0v) is 20.9. The first-order valence-electron chi connectivity index (χ1n) is 10.3. The zero-order chi connectivity index (χ0) is 19.8. The van der Waals surface area contributed by atoms with Crippen molar-refractivity contribution in [3.05, 3.63) is 51.5 Å². The van der Waals surface area contributed by atoms with E-state index in [0.29, 0.717) is 6.04 Å². The van der Waals surface area contributed by atoms with Crippen molar-refractivity contribution in [3.63, 3.8) is 0 Å². The minimum atomic E-state index is 0. The lowest BCUT2D eigenvalue weighted by atomic mass is 10.0. The molecule has 1 unspecified atom stereocenters. The average Bonchev–Trinajstić information content (AvgIpc) is 3.12. The topological polar surface area (TPSA) is 52.6 Å². The molecule has 1 aromatic carbocycles. The van der Waals surface area contributed by atoms with Gasteiger partial charge in [0.1, 0.15) is 0 Å². The summed E-state index contributed by atoms with van der Waals surface area (Å²) in [6.07, 6.45) is 6.89. The molecular weight excluding hydrogens is 493 g/mol. The summed E-state index contributed by atoms with van der Waals surface area (Å²) < 4.78 is 0. The number of rotatable bonds is 7. The van der Waals surface area contributed by atoms with Gasteiger partial charge in [-0.3, -0.25) is 9.89 Å². The van der Waals surface area contributed by atoms with E-state index in [1.165, 1.54) is 46.8 Å². The van der Waals surface area contributed by atoms with Crippen molar-refractivity contribution < 1.29 is 0 Å². The summed E-state index contributed by atoms with van der Waals surface area (Å²) in [7, 11) is 1.81. The van der Waals surface area contributed by atoms with Crippen molar-refractivity contribution >= 4 is 41.3 Å². The van der Waals surface area contributed by atoms with Crippen molar-refractivity contribution in [1.29, 1.82) is 0 Å². The molecule has 0 radical (unpaired) electrons. The largest absolute Gasteiger partial charge is 0.356 e. The van der Waals surface area contributed by atoms with Crippen molar-refractivity contribution in [2.75, 3.05) is 20.1 Å². The number of guanidine groups is 1. The van der Waals surface area contributed by atoms with Gasteiger partial charge in [-0.2, -0.15) is 0 Å². The number of benzene rings is 1. The minimum absolute atomic E-state index is 0. The first-order chi connectivity index (χ1) is 13.6. The molecule has 5 nitrogen and oxygen atoms in total. The molecule has 1 atom stereocenters. The Labute approximate surface area is 196 Å². The molecule has 29 heavy (non-hydrogen) atoms. The van der Waals surface area contributed by atoms with Crippen LogP contribution < -0.4 is 10.6 Å². The number of nitrogens with one attached hydrogen (secondary N) is 2. The van der Waals surface area contributed by atoms with Gasteiger partial charge in [-0.05, 0) is 44.4 Å². The Balaban J connectivity index is 0.00000300. The maximum atomic E-state index is 4.40. The van der Waals surface area contributed by atoms with Crippen LogP contribution in [-0.2, 0) is 19.5 Å². The molecule has 1 aromatic heterocycles. The van der Waals surface area contributed by atoms with Crippen LogP contribution in [0.1, 0.15) is 47.2 Å². The van der Waals surface area contributed by atoms with Crippen molar-refractivity contribution in [2.45, 2.75) is 58.7 Å². The smallest absolute Gasteiger partial charge is 0.191 e. The highest BCUT2D eigenvalue weighted by Gasteiger charge is 2.17. The molecule has 0 bridgehead atoms. The van der Waals surface area contributed by atoms with E-state index in [2.05, 4.69) is 63.6 Å². The second kappa shape index (κ2) is 12.5. The molecule has 0 amide bonds. The van der Waals surface area contributed by atoms with Crippen LogP contribution in [0.15, 0.2) is 35.5 Å². The summed E-state index contributed by atoms with van der Waals surface area (Å²) in [5.74, 6) is 0.833. The summed E-state index contributed by atoms with van der Waals surface area (Å²) in [6, 6.07) is 9.68. The van der Waals surface area contributed by atoms with E-state index in [1.807, 2.05) is 13.2 Å². The summed E-state index contributed by atoms with van der Waals surface area (Å²) in [6.45, 7) is 8.34. The lowest BCUT2D eigenvalue weighted by Crippen LogP contribution is -2.38. The summed E-state index contributed by atoms with van der Waals surface area (Å²) >= 11 is 1.76. The Bertz CT molecular complexity index is 759. The highest BCUT2D eigenvalue weighted by Crippen LogP contribution is 2.19. The molecule has 3 rings (SSSR count). The Morgan fingerprint density at radius 1 is 1.21 bits per heavy atom. The van der Waals surface area contributed by atoms with Gasteiger partial charge in [-0.25, -0.2) is 4.98 Å². The third-order valence-corrected chi connectivity index (χ3v) is 6.31. The standard InChI is InChI=1S/C22H33N5S.HI/c1-17-6-4-5-13-27(17)16-20-9-7-19(8-10-20)15-26-22(23-3)24-12-11-21-25-14-18(2)28-21;/h7-10,14,17H,4-6,11-13,15-16H2,1-3H3,(H2,23,24,26);1H. The Kier molecular flexibility index (Phi) is 10.4. The van der Waals surface area contributed by atoms with Crippen LogP contribution in [-0.4, -0.2) is 42.0 Å². The maximum Gasteiger partial charge on any atom is 0.191 e. The molecule has 0 spiro atoms. The normalized spacial score (nSPS) is 17.6. The monoisotopic (exact) mass is 527 g/mol. The van der Waals surface area contributed by atoms with Gasteiger partial charge in [0.05, 0.1) is 5.01 Å². The Morgan fingerprint density at radius 3 is 2.62 bits per heavy atom. The van der Waals surface area contributed by atoms with Crippen molar-refractivity contribution in [3.8, 4) is 0 Å². The molecule has 1 aliphatic heterocycles. The molecule has 160 valence electrons.